The third-order valence-corrected chi connectivity index (χ3v) is 3.55. The van der Waals surface area contributed by atoms with Crippen LogP contribution in [0.1, 0.15) is 12.8 Å². The first kappa shape index (κ1) is 13.3. The number of nitro groups is 1. The molecule has 0 amide bonds. The minimum atomic E-state index is -0.886. The maximum Gasteiger partial charge on any atom is 0.326 e. The van der Waals surface area contributed by atoms with Crippen LogP contribution in [-0.2, 0) is 4.79 Å². The van der Waals surface area contributed by atoms with Crippen molar-refractivity contribution in [2.24, 2.45) is 5.92 Å². The van der Waals surface area contributed by atoms with Crippen LogP contribution in [0.2, 0.25) is 0 Å². The van der Waals surface area contributed by atoms with E-state index in [0.29, 0.717) is 16.7 Å². The smallest absolute Gasteiger partial charge is 0.326 e. The van der Waals surface area contributed by atoms with Crippen molar-refractivity contribution in [3.8, 4) is 0 Å². The van der Waals surface area contributed by atoms with Gasteiger partial charge in [0.05, 0.1) is 10.4 Å². The number of anilines is 1. The van der Waals surface area contributed by atoms with Gasteiger partial charge >= 0.3 is 5.97 Å². The molecule has 1 heterocycles. The van der Waals surface area contributed by atoms with Crippen molar-refractivity contribution in [2.75, 3.05) is 5.32 Å². The lowest BCUT2D eigenvalue weighted by Gasteiger charge is -2.14. The number of carboxylic acid groups (broad SMARTS) is 1. The first-order valence-corrected chi connectivity index (χ1v) is 6.59. The number of nitrogens with one attached hydrogen (secondary N) is 1. The second-order valence-electron chi connectivity index (χ2n) is 5.13. The minimum absolute atomic E-state index is 0.00593. The lowest BCUT2D eigenvalue weighted by Crippen LogP contribution is -2.31. The summed E-state index contributed by atoms with van der Waals surface area (Å²) in [5, 5.41) is 23.5. The van der Waals surface area contributed by atoms with Gasteiger partial charge in [-0.2, -0.15) is 0 Å². The molecule has 7 heteroatoms. The number of hydrogen-bond donors (Lipinski definition) is 2. The fourth-order valence-corrected chi connectivity index (χ4v) is 2.28. The van der Waals surface area contributed by atoms with Gasteiger partial charge in [0.1, 0.15) is 11.9 Å². The number of fused-ring (bicyclic) bond motifs is 1. The van der Waals surface area contributed by atoms with Gasteiger partial charge in [0, 0.05) is 17.5 Å². The summed E-state index contributed by atoms with van der Waals surface area (Å²) in [5.74, 6) is -0.268. The first-order chi connectivity index (χ1) is 10.0. The number of benzene rings is 1. The minimum Gasteiger partial charge on any atom is -0.480 e. The van der Waals surface area contributed by atoms with Crippen LogP contribution in [0.15, 0.2) is 30.3 Å². The summed E-state index contributed by atoms with van der Waals surface area (Å²) in [5.41, 5.74) is 0.594. The van der Waals surface area contributed by atoms with Crippen molar-refractivity contribution < 1.29 is 14.8 Å². The molecule has 108 valence electrons. The monoisotopic (exact) mass is 287 g/mol. The zero-order chi connectivity index (χ0) is 15.0. The lowest BCUT2D eigenvalue weighted by atomic mass is 10.1. The second kappa shape index (κ2) is 5.01. The van der Waals surface area contributed by atoms with Gasteiger partial charge in [0.2, 0.25) is 0 Å². The van der Waals surface area contributed by atoms with Crippen molar-refractivity contribution in [3.05, 3.63) is 40.4 Å². The molecule has 0 spiro atoms. The highest BCUT2D eigenvalue weighted by Crippen LogP contribution is 2.34. The van der Waals surface area contributed by atoms with Gasteiger partial charge in [-0.05, 0) is 37.0 Å². The van der Waals surface area contributed by atoms with E-state index < -0.39 is 16.9 Å². The van der Waals surface area contributed by atoms with E-state index in [1.54, 1.807) is 18.2 Å². The first-order valence-electron chi connectivity index (χ1n) is 6.59. The van der Waals surface area contributed by atoms with E-state index in [9.17, 15) is 20.0 Å². The number of rotatable bonds is 5. The molecule has 1 atom stereocenters. The van der Waals surface area contributed by atoms with E-state index in [-0.39, 0.29) is 11.6 Å². The molecule has 1 aliphatic carbocycles. The van der Waals surface area contributed by atoms with E-state index in [0.717, 1.165) is 12.8 Å². The standard InChI is InChI=1S/C14H13N3O4/c18-14(19)13(8-1-2-8)16-12-6-3-9-7-10(17(20)21)4-5-11(9)15-12/h3-8,13H,1-2H2,(H,15,16)(H,18,19). The highest BCUT2D eigenvalue weighted by molar-refractivity contribution is 5.83. The van der Waals surface area contributed by atoms with Crippen molar-refractivity contribution in [3.63, 3.8) is 0 Å². The number of aromatic nitrogens is 1. The van der Waals surface area contributed by atoms with Crippen molar-refractivity contribution in [1.82, 2.24) is 4.98 Å². The summed E-state index contributed by atoms with van der Waals surface area (Å²) in [4.78, 5) is 25.8. The molecule has 7 nitrogen and oxygen atoms in total. The number of carboxylic acids is 1. The Morgan fingerprint density at radius 3 is 2.76 bits per heavy atom. The highest BCUT2D eigenvalue weighted by atomic mass is 16.6. The molecule has 1 aliphatic rings. The Kier molecular flexibility index (Phi) is 3.17. The van der Waals surface area contributed by atoms with Crippen molar-refractivity contribution in [1.29, 1.82) is 0 Å². The quantitative estimate of drug-likeness (QED) is 0.646. The Morgan fingerprint density at radius 2 is 2.14 bits per heavy atom. The lowest BCUT2D eigenvalue weighted by molar-refractivity contribution is -0.384. The Hall–Kier alpha value is -2.70. The number of non-ortho nitro benzene ring substituents is 1. The molecule has 0 radical (unpaired) electrons. The van der Waals surface area contributed by atoms with Crippen molar-refractivity contribution in [2.45, 2.75) is 18.9 Å². The summed E-state index contributed by atoms with van der Waals surface area (Å²) in [6, 6.07) is 7.10. The zero-order valence-corrected chi connectivity index (χ0v) is 11.0. The molecule has 1 fully saturated rings. The van der Waals surface area contributed by atoms with Gasteiger partial charge in [-0.1, -0.05) is 0 Å². The SMILES string of the molecule is O=C(O)C(Nc1ccc2cc([N+](=O)[O-])ccc2n1)C1CC1. The largest absolute Gasteiger partial charge is 0.480 e. The third kappa shape index (κ3) is 2.76. The average Bonchev–Trinajstić information content (AvgIpc) is 3.28. The number of hydrogen-bond acceptors (Lipinski definition) is 5. The van der Waals surface area contributed by atoms with E-state index >= 15 is 0 Å². The maximum atomic E-state index is 11.2. The Morgan fingerprint density at radius 1 is 1.38 bits per heavy atom. The summed E-state index contributed by atoms with van der Waals surface area (Å²) in [6.07, 6.45) is 1.81. The second-order valence-corrected chi connectivity index (χ2v) is 5.13. The van der Waals surface area contributed by atoms with Gasteiger partial charge in [-0.25, -0.2) is 9.78 Å². The molecule has 1 aromatic heterocycles. The predicted octanol–water partition coefficient (Wildman–Crippen LogP) is 2.42. The molecule has 3 rings (SSSR count). The van der Waals surface area contributed by atoms with Gasteiger partial charge in [-0.3, -0.25) is 10.1 Å². The van der Waals surface area contributed by atoms with Crippen LogP contribution in [0.3, 0.4) is 0 Å². The maximum absolute atomic E-state index is 11.2. The van der Waals surface area contributed by atoms with Crippen LogP contribution < -0.4 is 5.32 Å². The van der Waals surface area contributed by atoms with Crippen LogP contribution in [0, 0.1) is 16.0 Å². The van der Waals surface area contributed by atoms with Gasteiger partial charge < -0.3 is 10.4 Å². The van der Waals surface area contributed by atoms with Gasteiger partial charge in [-0.15, -0.1) is 0 Å². The van der Waals surface area contributed by atoms with Crippen LogP contribution >= 0.6 is 0 Å². The molecule has 1 unspecified atom stereocenters. The molecule has 1 aromatic carbocycles. The van der Waals surface area contributed by atoms with Crippen molar-refractivity contribution >= 4 is 28.4 Å². The van der Waals surface area contributed by atoms with Gasteiger partial charge in [0.15, 0.2) is 0 Å². The Balaban J connectivity index is 1.88. The van der Waals surface area contributed by atoms with Crippen LogP contribution in [0.5, 0.6) is 0 Å². The molecular weight excluding hydrogens is 274 g/mol. The summed E-state index contributed by atoms with van der Waals surface area (Å²) in [6.45, 7) is 0. The van der Waals surface area contributed by atoms with Gasteiger partial charge in [0.25, 0.3) is 5.69 Å². The number of aliphatic carboxylic acids is 1. The molecule has 0 saturated heterocycles. The summed E-state index contributed by atoms with van der Waals surface area (Å²) < 4.78 is 0. The van der Waals surface area contributed by atoms with Crippen LogP contribution in [0.25, 0.3) is 10.9 Å². The predicted molar refractivity (Wildman–Crippen MR) is 76.2 cm³/mol. The molecule has 2 N–H and O–H groups in total. The van der Waals surface area contributed by atoms with E-state index in [2.05, 4.69) is 10.3 Å². The van der Waals surface area contributed by atoms with E-state index in [1.165, 1.54) is 12.1 Å². The number of carbonyl (C=O) groups is 1. The fourth-order valence-electron chi connectivity index (χ4n) is 2.28. The number of nitrogens with zero attached hydrogens (tertiary/aromatic N) is 2. The van der Waals surface area contributed by atoms with E-state index in [4.69, 9.17) is 0 Å². The Bertz CT molecular complexity index is 727. The zero-order valence-electron chi connectivity index (χ0n) is 11.0. The van der Waals surface area contributed by atoms with E-state index in [1.807, 2.05) is 0 Å². The normalized spacial score (nSPS) is 15.6. The number of pyridine rings is 1. The molecule has 0 aliphatic heterocycles. The molecular formula is C14H13N3O4. The topological polar surface area (TPSA) is 105 Å². The van der Waals surface area contributed by atoms with Crippen LogP contribution in [-0.4, -0.2) is 27.0 Å². The molecule has 2 aromatic rings. The highest BCUT2D eigenvalue weighted by Gasteiger charge is 2.36. The van der Waals surface area contributed by atoms with Crippen LogP contribution in [0.4, 0.5) is 11.5 Å². The number of nitro benzene ring substituents is 1. The fraction of sp³-hybridized carbons (Fsp3) is 0.286. The average molecular weight is 287 g/mol. The Labute approximate surface area is 119 Å². The molecule has 0 bridgehead atoms. The molecule has 21 heavy (non-hydrogen) atoms. The summed E-state index contributed by atoms with van der Waals surface area (Å²) in [7, 11) is 0. The molecule has 1 saturated carbocycles. The third-order valence-electron chi connectivity index (χ3n) is 3.55. The summed E-state index contributed by atoms with van der Waals surface area (Å²) >= 11 is 0.